The molecular formula is C23H28FN3O4S. The number of hydrogen-bond acceptors (Lipinski definition) is 4. The lowest BCUT2D eigenvalue weighted by Crippen LogP contribution is -2.41. The Kier molecular flexibility index (Phi) is 7.30. The number of nitrogens with one attached hydrogen (secondary N) is 2. The Morgan fingerprint density at radius 3 is 2.25 bits per heavy atom. The maximum atomic E-state index is 13.8. The number of anilines is 1. The third kappa shape index (κ3) is 5.16. The first-order chi connectivity index (χ1) is 15.1. The summed E-state index contributed by atoms with van der Waals surface area (Å²) >= 11 is 0. The molecule has 0 unspecified atom stereocenters. The fourth-order valence-electron chi connectivity index (χ4n) is 3.69. The van der Waals surface area contributed by atoms with E-state index >= 15 is 0 Å². The summed E-state index contributed by atoms with van der Waals surface area (Å²) in [5, 5.41) is 5.06. The highest BCUT2D eigenvalue weighted by atomic mass is 32.2. The number of halogens is 1. The molecule has 172 valence electrons. The van der Waals surface area contributed by atoms with Crippen LogP contribution in [0, 0.1) is 11.7 Å². The number of carbonyl (C=O) groups is 2. The smallest absolute Gasteiger partial charge is 0.254 e. The van der Waals surface area contributed by atoms with Gasteiger partial charge in [0.1, 0.15) is 5.82 Å². The summed E-state index contributed by atoms with van der Waals surface area (Å²) in [6, 6.07) is 10.7. The minimum absolute atomic E-state index is 0.158. The number of piperidine rings is 1. The third-order valence-electron chi connectivity index (χ3n) is 5.71. The van der Waals surface area contributed by atoms with E-state index in [1.807, 2.05) is 26.0 Å². The van der Waals surface area contributed by atoms with Gasteiger partial charge in [-0.15, -0.1) is 0 Å². The first-order valence-corrected chi connectivity index (χ1v) is 12.0. The summed E-state index contributed by atoms with van der Waals surface area (Å²) < 4.78 is 41.1. The molecule has 2 aromatic carbocycles. The molecule has 0 aliphatic carbocycles. The standard InChI is InChI=1S/C23H28FN3O4S/c1-15(2)16-4-7-19(8-5-16)32(30,31)27-12-10-17(11-13-27)22(28)26-18-6-9-21(24)20(14-18)23(29)25-3/h4-9,14-15,17H,10-13H2,1-3H3,(H,25,29)(H,26,28). The molecule has 0 aromatic heterocycles. The quantitative estimate of drug-likeness (QED) is 0.690. The van der Waals surface area contributed by atoms with Crippen LogP contribution in [0.3, 0.4) is 0 Å². The Morgan fingerprint density at radius 2 is 1.69 bits per heavy atom. The van der Waals surface area contributed by atoms with E-state index in [0.29, 0.717) is 24.4 Å². The summed E-state index contributed by atoms with van der Waals surface area (Å²) in [7, 11) is -2.22. The summed E-state index contributed by atoms with van der Waals surface area (Å²) in [4.78, 5) is 24.7. The SMILES string of the molecule is CNC(=O)c1cc(NC(=O)C2CCN(S(=O)(=O)c3ccc(C(C)C)cc3)CC2)ccc1F. The van der Waals surface area contributed by atoms with Crippen LogP contribution in [0.4, 0.5) is 10.1 Å². The molecule has 0 saturated carbocycles. The van der Waals surface area contributed by atoms with Crippen molar-refractivity contribution in [3.8, 4) is 0 Å². The normalized spacial score (nSPS) is 15.5. The van der Waals surface area contributed by atoms with Crippen molar-refractivity contribution in [2.75, 3.05) is 25.5 Å². The van der Waals surface area contributed by atoms with Gasteiger partial charge in [-0.2, -0.15) is 4.31 Å². The van der Waals surface area contributed by atoms with Gasteiger partial charge in [-0.05, 0) is 54.7 Å². The number of rotatable bonds is 6. The highest BCUT2D eigenvalue weighted by molar-refractivity contribution is 7.89. The van der Waals surface area contributed by atoms with Gasteiger partial charge in [0, 0.05) is 31.7 Å². The second-order valence-electron chi connectivity index (χ2n) is 8.17. The van der Waals surface area contributed by atoms with Crippen molar-refractivity contribution in [1.29, 1.82) is 0 Å². The molecule has 0 atom stereocenters. The lowest BCUT2D eigenvalue weighted by molar-refractivity contribution is -0.120. The minimum Gasteiger partial charge on any atom is -0.355 e. The maximum Gasteiger partial charge on any atom is 0.254 e. The predicted octanol–water partition coefficient (Wildman–Crippen LogP) is 3.35. The average Bonchev–Trinajstić information content (AvgIpc) is 2.79. The predicted molar refractivity (Wildman–Crippen MR) is 120 cm³/mol. The van der Waals surface area contributed by atoms with Crippen molar-refractivity contribution in [2.45, 2.75) is 37.5 Å². The monoisotopic (exact) mass is 461 g/mol. The van der Waals surface area contributed by atoms with Crippen molar-refractivity contribution < 1.29 is 22.4 Å². The van der Waals surface area contributed by atoms with E-state index in [9.17, 15) is 22.4 Å². The van der Waals surface area contributed by atoms with Crippen molar-refractivity contribution in [3.63, 3.8) is 0 Å². The van der Waals surface area contributed by atoms with E-state index in [1.54, 1.807) is 12.1 Å². The van der Waals surface area contributed by atoms with Crippen LogP contribution in [0.25, 0.3) is 0 Å². The molecule has 9 heteroatoms. The Labute approximate surface area is 188 Å². The molecule has 32 heavy (non-hydrogen) atoms. The van der Waals surface area contributed by atoms with E-state index in [4.69, 9.17) is 0 Å². The third-order valence-corrected chi connectivity index (χ3v) is 7.63. The fraction of sp³-hybridized carbons (Fsp3) is 0.391. The molecule has 0 spiro atoms. The Hall–Kier alpha value is -2.78. The zero-order chi connectivity index (χ0) is 23.5. The van der Waals surface area contributed by atoms with Gasteiger partial charge in [-0.1, -0.05) is 26.0 Å². The minimum atomic E-state index is -3.62. The van der Waals surface area contributed by atoms with Gasteiger partial charge in [0.15, 0.2) is 0 Å². The van der Waals surface area contributed by atoms with Gasteiger partial charge in [0.05, 0.1) is 10.5 Å². The lowest BCUT2D eigenvalue weighted by atomic mass is 9.97. The molecule has 0 bridgehead atoms. The van der Waals surface area contributed by atoms with E-state index in [1.165, 1.54) is 23.5 Å². The van der Waals surface area contributed by atoms with Crippen LogP contribution in [0.1, 0.15) is 48.5 Å². The van der Waals surface area contributed by atoms with E-state index in [2.05, 4.69) is 10.6 Å². The zero-order valence-corrected chi connectivity index (χ0v) is 19.2. The number of carbonyl (C=O) groups excluding carboxylic acids is 2. The summed E-state index contributed by atoms with van der Waals surface area (Å²) in [6.07, 6.45) is 0.747. The molecule has 7 nitrogen and oxygen atoms in total. The highest BCUT2D eigenvalue weighted by Crippen LogP contribution is 2.26. The van der Waals surface area contributed by atoms with Crippen molar-refractivity contribution in [2.24, 2.45) is 5.92 Å². The molecule has 1 saturated heterocycles. The second-order valence-corrected chi connectivity index (χ2v) is 10.1. The fourth-order valence-corrected chi connectivity index (χ4v) is 5.16. The molecule has 3 rings (SSSR count). The number of sulfonamides is 1. The topological polar surface area (TPSA) is 95.6 Å². The van der Waals surface area contributed by atoms with Crippen molar-refractivity contribution in [1.82, 2.24) is 9.62 Å². The molecule has 2 amide bonds. The van der Waals surface area contributed by atoms with Gasteiger partial charge < -0.3 is 10.6 Å². The molecule has 1 fully saturated rings. The summed E-state index contributed by atoms with van der Waals surface area (Å²) in [6.45, 7) is 4.56. The highest BCUT2D eigenvalue weighted by Gasteiger charge is 2.32. The summed E-state index contributed by atoms with van der Waals surface area (Å²) in [5.41, 5.74) is 1.23. The van der Waals surface area contributed by atoms with Crippen LogP contribution in [-0.2, 0) is 14.8 Å². The van der Waals surface area contributed by atoms with E-state index in [-0.39, 0.29) is 35.4 Å². The van der Waals surface area contributed by atoms with Crippen LogP contribution >= 0.6 is 0 Å². The summed E-state index contributed by atoms with van der Waals surface area (Å²) in [5.74, 6) is -1.61. The molecule has 1 heterocycles. The van der Waals surface area contributed by atoms with Gasteiger partial charge >= 0.3 is 0 Å². The van der Waals surface area contributed by atoms with Gasteiger partial charge in [0.2, 0.25) is 15.9 Å². The molecule has 0 radical (unpaired) electrons. The number of benzene rings is 2. The Balaban J connectivity index is 1.63. The molecular weight excluding hydrogens is 433 g/mol. The second kappa shape index (κ2) is 9.79. The Morgan fingerprint density at radius 1 is 1.06 bits per heavy atom. The van der Waals surface area contributed by atoms with Crippen LogP contribution < -0.4 is 10.6 Å². The molecule has 1 aliphatic rings. The maximum absolute atomic E-state index is 13.8. The number of amides is 2. The van der Waals surface area contributed by atoms with E-state index in [0.717, 1.165) is 11.6 Å². The van der Waals surface area contributed by atoms with Crippen molar-refractivity contribution in [3.05, 3.63) is 59.4 Å². The largest absolute Gasteiger partial charge is 0.355 e. The van der Waals surface area contributed by atoms with Crippen molar-refractivity contribution >= 4 is 27.5 Å². The first-order valence-electron chi connectivity index (χ1n) is 10.6. The van der Waals surface area contributed by atoms with E-state index < -0.39 is 21.7 Å². The number of nitrogens with zero attached hydrogens (tertiary/aromatic N) is 1. The molecule has 2 aromatic rings. The van der Waals surface area contributed by atoms with Crippen LogP contribution in [0.5, 0.6) is 0 Å². The molecule has 2 N–H and O–H groups in total. The van der Waals surface area contributed by atoms with Crippen LogP contribution in [0.2, 0.25) is 0 Å². The zero-order valence-electron chi connectivity index (χ0n) is 18.4. The van der Waals surface area contributed by atoms with Gasteiger partial charge in [0.25, 0.3) is 5.91 Å². The molecule has 1 aliphatic heterocycles. The van der Waals surface area contributed by atoms with Gasteiger partial charge in [-0.25, -0.2) is 12.8 Å². The average molecular weight is 462 g/mol. The number of hydrogen-bond donors (Lipinski definition) is 2. The first kappa shape index (κ1) is 23.9. The van der Waals surface area contributed by atoms with Crippen LogP contribution in [0.15, 0.2) is 47.4 Å². The lowest BCUT2D eigenvalue weighted by Gasteiger charge is -2.30. The Bertz CT molecular complexity index is 1090. The van der Waals surface area contributed by atoms with Crippen LogP contribution in [-0.4, -0.2) is 44.7 Å². The van der Waals surface area contributed by atoms with Gasteiger partial charge in [-0.3, -0.25) is 9.59 Å².